The molecule has 0 aliphatic heterocycles. The van der Waals surface area contributed by atoms with Gasteiger partial charge >= 0.3 is 0 Å². The maximum atomic E-state index is 11.7. The van der Waals surface area contributed by atoms with Gasteiger partial charge in [0.15, 0.2) is 0 Å². The van der Waals surface area contributed by atoms with Gasteiger partial charge in [-0.15, -0.1) is 10.2 Å². The van der Waals surface area contributed by atoms with Crippen LogP contribution in [0.3, 0.4) is 0 Å². The van der Waals surface area contributed by atoms with Crippen LogP contribution in [0.25, 0.3) is 11.6 Å². The predicted octanol–water partition coefficient (Wildman–Crippen LogP) is 1.63. The van der Waals surface area contributed by atoms with Crippen LogP contribution in [0.15, 0.2) is 10.5 Å². The zero-order valence-corrected chi connectivity index (χ0v) is 12.9. The van der Waals surface area contributed by atoms with Gasteiger partial charge in [0, 0.05) is 25.9 Å². The fraction of sp³-hybridized carbons (Fsp3) is 0.571. The number of carbonyl (C=O) groups is 1. The molecule has 0 radical (unpaired) electrons. The largest absolute Gasteiger partial charge is 0.419 e. The van der Waals surface area contributed by atoms with Crippen LogP contribution in [-0.4, -0.2) is 31.9 Å². The lowest BCUT2D eigenvalue weighted by Gasteiger charge is -2.10. The first kappa shape index (κ1) is 15.2. The zero-order chi connectivity index (χ0) is 15.4. The van der Waals surface area contributed by atoms with Crippen molar-refractivity contribution in [3.05, 3.63) is 17.7 Å². The zero-order valence-electron chi connectivity index (χ0n) is 12.9. The Labute approximate surface area is 123 Å². The molecular formula is C14H21N5O2. The molecule has 1 atom stereocenters. The number of nitrogens with zero attached hydrogens (tertiary/aromatic N) is 4. The van der Waals surface area contributed by atoms with Crippen molar-refractivity contribution >= 4 is 5.91 Å². The van der Waals surface area contributed by atoms with Crippen molar-refractivity contribution in [2.75, 3.05) is 0 Å². The summed E-state index contributed by atoms with van der Waals surface area (Å²) in [6.45, 7) is 5.92. The number of aromatic nitrogens is 4. The maximum absolute atomic E-state index is 11.7. The van der Waals surface area contributed by atoms with E-state index in [9.17, 15) is 4.79 Å². The van der Waals surface area contributed by atoms with E-state index in [0.29, 0.717) is 24.6 Å². The number of hydrogen-bond acceptors (Lipinski definition) is 5. The van der Waals surface area contributed by atoms with Gasteiger partial charge in [-0.2, -0.15) is 5.10 Å². The van der Waals surface area contributed by atoms with Crippen LogP contribution in [-0.2, 0) is 18.3 Å². The number of amides is 1. The molecule has 0 spiro atoms. The van der Waals surface area contributed by atoms with Crippen molar-refractivity contribution in [1.29, 1.82) is 0 Å². The van der Waals surface area contributed by atoms with Gasteiger partial charge in [0.05, 0.1) is 5.69 Å². The summed E-state index contributed by atoms with van der Waals surface area (Å²) in [5.41, 5.74) is 1.66. The van der Waals surface area contributed by atoms with Crippen molar-refractivity contribution < 1.29 is 9.21 Å². The predicted molar refractivity (Wildman–Crippen MR) is 77.5 cm³/mol. The molecule has 1 amide bonds. The Morgan fingerprint density at radius 1 is 1.48 bits per heavy atom. The highest BCUT2D eigenvalue weighted by atomic mass is 16.4. The first-order valence-electron chi connectivity index (χ1n) is 7.12. The summed E-state index contributed by atoms with van der Waals surface area (Å²) in [6, 6.07) is 2.07. The van der Waals surface area contributed by atoms with Crippen molar-refractivity contribution in [2.24, 2.45) is 7.05 Å². The lowest BCUT2D eigenvalue weighted by atomic mass is 10.2. The van der Waals surface area contributed by atoms with Crippen LogP contribution in [0, 0.1) is 6.92 Å². The highest BCUT2D eigenvalue weighted by Gasteiger charge is 2.14. The second kappa shape index (κ2) is 6.51. The monoisotopic (exact) mass is 291 g/mol. The second-order valence-corrected chi connectivity index (χ2v) is 5.17. The van der Waals surface area contributed by atoms with Gasteiger partial charge in [-0.1, -0.05) is 6.92 Å². The third-order valence-electron chi connectivity index (χ3n) is 3.27. The molecule has 2 aromatic heterocycles. The summed E-state index contributed by atoms with van der Waals surface area (Å²) < 4.78 is 7.28. The van der Waals surface area contributed by atoms with Crippen molar-refractivity contribution in [1.82, 2.24) is 25.3 Å². The molecule has 7 nitrogen and oxygen atoms in total. The van der Waals surface area contributed by atoms with E-state index < -0.39 is 0 Å². The molecule has 0 aliphatic rings. The van der Waals surface area contributed by atoms with Crippen LogP contribution < -0.4 is 5.32 Å². The molecule has 0 saturated carbocycles. The van der Waals surface area contributed by atoms with E-state index in [1.165, 1.54) is 0 Å². The Kier molecular flexibility index (Phi) is 4.72. The lowest BCUT2D eigenvalue weighted by Crippen LogP contribution is -2.32. The highest BCUT2D eigenvalue weighted by molar-refractivity contribution is 5.76. The van der Waals surface area contributed by atoms with Gasteiger partial charge in [-0.05, 0) is 26.3 Å². The molecular weight excluding hydrogens is 270 g/mol. The third-order valence-corrected chi connectivity index (χ3v) is 3.27. The van der Waals surface area contributed by atoms with Crippen LogP contribution in [0.2, 0.25) is 0 Å². The Balaban J connectivity index is 1.95. The summed E-state index contributed by atoms with van der Waals surface area (Å²) in [5.74, 6) is 0.888. The van der Waals surface area contributed by atoms with Crippen LogP contribution >= 0.6 is 0 Å². The number of hydrogen-bond donors (Lipinski definition) is 1. The van der Waals surface area contributed by atoms with Crippen molar-refractivity contribution in [3.8, 4) is 11.6 Å². The first-order valence-corrected chi connectivity index (χ1v) is 7.12. The summed E-state index contributed by atoms with van der Waals surface area (Å²) in [4.78, 5) is 11.7. The molecule has 2 aromatic rings. The standard InChI is InChI=1S/C14H21N5O2/c1-5-9(2)15-12(20)6-7-13-16-17-14(21-13)11-8-10(3)18-19(11)4/h8-9H,5-7H2,1-4H3,(H,15,20). The molecule has 7 heteroatoms. The average molecular weight is 291 g/mol. The Hall–Kier alpha value is -2.18. The lowest BCUT2D eigenvalue weighted by molar-refractivity contribution is -0.121. The fourth-order valence-corrected chi connectivity index (χ4v) is 1.94. The Bertz CT molecular complexity index is 617. The summed E-state index contributed by atoms with van der Waals surface area (Å²) in [5, 5.41) is 15.1. The van der Waals surface area contributed by atoms with E-state index in [0.717, 1.165) is 17.8 Å². The molecule has 2 heterocycles. The van der Waals surface area contributed by atoms with E-state index in [-0.39, 0.29) is 11.9 Å². The molecule has 0 aromatic carbocycles. The molecule has 2 rings (SSSR count). The maximum Gasteiger partial charge on any atom is 0.265 e. The molecule has 1 N–H and O–H groups in total. The third kappa shape index (κ3) is 3.90. The quantitative estimate of drug-likeness (QED) is 0.874. The van der Waals surface area contributed by atoms with Gasteiger partial charge in [0.25, 0.3) is 5.89 Å². The SMILES string of the molecule is CCC(C)NC(=O)CCc1nnc(-c2cc(C)nn2C)o1. The van der Waals surface area contributed by atoms with Crippen LogP contribution in [0.1, 0.15) is 38.3 Å². The minimum atomic E-state index is 0.000442. The topological polar surface area (TPSA) is 85.8 Å². The van der Waals surface area contributed by atoms with Crippen molar-refractivity contribution in [3.63, 3.8) is 0 Å². The molecule has 114 valence electrons. The van der Waals surface area contributed by atoms with Crippen LogP contribution in [0.5, 0.6) is 0 Å². The number of nitrogens with one attached hydrogen (secondary N) is 1. The van der Waals surface area contributed by atoms with E-state index in [1.54, 1.807) is 4.68 Å². The molecule has 1 unspecified atom stereocenters. The van der Waals surface area contributed by atoms with E-state index in [1.807, 2.05) is 33.9 Å². The molecule has 0 fully saturated rings. The number of carbonyl (C=O) groups excluding carboxylic acids is 1. The summed E-state index contributed by atoms with van der Waals surface area (Å²) in [7, 11) is 1.83. The highest BCUT2D eigenvalue weighted by Crippen LogP contribution is 2.18. The molecule has 0 saturated heterocycles. The van der Waals surface area contributed by atoms with Gasteiger partial charge in [0.1, 0.15) is 5.69 Å². The molecule has 21 heavy (non-hydrogen) atoms. The van der Waals surface area contributed by atoms with Gasteiger partial charge in [-0.3, -0.25) is 9.48 Å². The fourth-order valence-electron chi connectivity index (χ4n) is 1.94. The van der Waals surface area contributed by atoms with Crippen LogP contribution in [0.4, 0.5) is 0 Å². The molecule has 0 bridgehead atoms. The molecule has 0 aliphatic carbocycles. The normalized spacial score (nSPS) is 12.4. The smallest absolute Gasteiger partial charge is 0.265 e. The minimum Gasteiger partial charge on any atom is -0.419 e. The van der Waals surface area contributed by atoms with E-state index in [2.05, 4.69) is 20.6 Å². The number of rotatable bonds is 6. The van der Waals surface area contributed by atoms with Gasteiger partial charge in [-0.25, -0.2) is 0 Å². The second-order valence-electron chi connectivity index (χ2n) is 5.17. The van der Waals surface area contributed by atoms with Crippen molar-refractivity contribution in [2.45, 2.75) is 46.1 Å². The van der Waals surface area contributed by atoms with E-state index >= 15 is 0 Å². The minimum absolute atomic E-state index is 0.000442. The summed E-state index contributed by atoms with van der Waals surface area (Å²) >= 11 is 0. The van der Waals surface area contributed by atoms with Gasteiger partial charge in [0.2, 0.25) is 11.8 Å². The summed E-state index contributed by atoms with van der Waals surface area (Å²) in [6.07, 6.45) is 1.69. The van der Waals surface area contributed by atoms with E-state index in [4.69, 9.17) is 4.42 Å². The number of aryl methyl sites for hydroxylation is 3. The van der Waals surface area contributed by atoms with Gasteiger partial charge < -0.3 is 9.73 Å². The Morgan fingerprint density at radius 3 is 2.86 bits per heavy atom. The Morgan fingerprint density at radius 2 is 2.24 bits per heavy atom. The average Bonchev–Trinajstić information content (AvgIpc) is 3.02. The first-order chi connectivity index (χ1) is 9.99.